The molecular formula is C57H38N6. The van der Waals surface area contributed by atoms with Gasteiger partial charge in [-0.25, -0.2) is 19.9 Å². The van der Waals surface area contributed by atoms with Crippen LogP contribution in [0, 0.1) is 0 Å². The Balaban J connectivity index is 1.11. The summed E-state index contributed by atoms with van der Waals surface area (Å²) in [5, 5.41) is 8.94. The van der Waals surface area contributed by atoms with E-state index in [1.807, 2.05) is 0 Å². The molecule has 296 valence electrons. The maximum Gasteiger partial charge on any atom is 0.235 e. The van der Waals surface area contributed by atoms with Gasteiger partial charge in [-0.3, -0.25) is 9.47 Å². The first-order chi connectivity index (χ1) is 31.0. The van der Waals surface area contributed by atoms with Crippen LogP contribution in [-0.4, -0.2) is 24.5 Å². The topological polar surface area (TPSA) is 59.7 Å². The van der Waals surface area contributed by atoms with Crippen LogP contribution < -0.4 is 4.90 Å². The van der Waals surface area contributed by atoms with E-state index >= 15 is 0 Å². The fourth-order valence-corrected chi connectivity index (χ4v) is 10.2. The molecule has 0 atom stereocenters. The molecule has 6 heteroatoms. The molecule has 0 saturated carbocycles. The van der Waals surface area contributed by atoms with Crippen LogP contribution in [0.1, 0.15) is 25.0 Å². The van der Waals surface area contributed by atoms with E-state index in [-0.39, 0.29) is 5.41 Å². The van der Waals surface area contributed by atoms with Gasteiger partial charge in [0.1, 0.15) is 0 Å². The first-order valence-corrected chi connectivity index (χ1v) is 21.5. The minimum Gasteiger partial charge on any atom is -0.278 e. The number of para-hydroxylation sites is 4. The van der Waals surface area contributed by atoms with Gasteiger partial charge in [-0.1, -0.05) is 172 Å². The van der Waals surface area contributed by atoms with Crippen molar-refractivity contribution in [3.8, 4) is 28.5 Å². The first-order valence-electron chi connectivity index (χ1n) is 21.5. The van der Waals surface area contributed by atoms with Crippen LogP contribution in [0.4, 0.5) is 17.3 Å². The van der Waals surface area contributed by atoms with Crippen molar-refractivity contribution in [1.29, 1.82) is 0 Å². The van der Waals surface area contributed by atoms with E-state index in [0.717, 1.165) is 88.3 Å². The van der Waals surface area contributed by atoms with Crippen LogP contribution in [0.5, 0.6) is 0 Å². The zero-order chi connectivity index (χ0) is 41.8. The number of nitrogens with zero attached hydrogens (tertiary/aromatic N) is 6. The summed E-state index contributed by atoms with van der Waals surface area (Å²) in [6, 6.07) is 68.8. The predicted molar refractivity (Wildman–Crippen MR) is 260 cm³/mol. The molecule has 12 aromatic rings. The Labute approximate surface area is 363 Å². The van der Waals surface area contributed by atoms with Gasteiger partial charge in [0.2, 0.25) is 11.9 Å². The van der Waals surface area contributed by atoms with Crippen LogP contribution in [-0.2, 0) is 5.41 Å². The predicted octanol–water partition coefficient (Wildman–Crippen LogP) is 14.4. The second-order valence-corrected chi connectivity index (χ2v) is 17.0. The Hall–Kier alpha value is -8.22. The first kappa shape index (κ1) is 35.5. The summed E-state index contributed by atoms with van der Waals surface area (Å²) in [7, 11) is 0. The highest BCUT2D eigenvalue weighted by Gasteiger charge is 2.39. The van der Waals surface area contributed by atoms with Crippen molar-refractivity contribution in [2.75, 3.05) is 4.90 Å². The Morgan fingerprint density at radius 1 is 0.365 bits per heavy atom. The molecule has 0 spiro atoms. The van der Waals surface area contributed by atoms with Gasteiger partial charge in [0.15, 0.2) is 0 Å². The van der Waals surface area contributed by atoms with Crippen LogP contribution in [0.25, 0.3) is 93.6 Å². The number of rotatable bonds is 4. The largest absolute Gasteiger partial charge is 0.278 e. The highest BCUT2D eigenvalue weighted by Crippen LogP contribution is 2.53. The zero-order valence-corrected chi connectivity index (χ0v) is 34.7. The van der Waals surface area contributed by atoms with Crippen LogP contribution in [0.3, 0.4) is 0 Å². The van der Waals surface area contributed by atoms with Crippen LogP contribution in [0.15, 0.2) is 194 Å². The second-order valence-electron chi connectivity index (χ2n) is 17.0. The van der Waals surface area contributed by atoms with E-state index in [2.05, 4.69) is 217 Å². The number of aromatic nitrogens is 5. The number of hydrogen-bond acceptors (Lipinski definition) is 5. The van der Waals surface area contributed by atoms with E-state index < -0.39 is 0 Å². The number of benzene rings is 9. The van der Waals surface area contributed by atoms with Crippen molar-refractivity contribution in [2.24, 2.45) is 0 Å². The van der Waals surface area contributed by atoms with Crippen LogP contribution in [0.2, 0.25) is 0 Å². The third-order valence-corrected chi connectivity index (χ3v) is 13.2. The van der Waals surface area contributed by atoms with Gasteiger partial charge in [0.05, 0.1) is 44.8 Å². The van der Waals surface area contributed by atoms with E-state index in [4.69, 9.17) is 19.9 Å². The molecule has 6 nitrogen and oxygen atoms in total. The molecule has 4 heterocycles. The standard InChI is InChI=1S/C57H38N6/c1-57(2)45-28-10-14-32-50(45)63(56-59-48-30-12-8-25-43(48)54(61-56)41-27-16-20-36-18-4-6-22-38(36)41)52-34-51-44(33-46(52)57)39-23-9-13-31-49(39)62(51)55-58-47-29-11-7-24-42(47)53(60-55)40-26-15-19-35-17-3-5-21-37(35)40/h3-34H,1-2H3. The lowest BCUT2D eigenvalue weighted by molar-refractivity contribution is 0.632. The summed E-state index contributed by atoms with van der Waals surface area (Å²) in [5.74, 6) is 1.23. The highest BCUT2D eigenvalue weighted by atomic mass is 15.3. The van der Waals surface area contributed by atoms with Gasteiger partial charge in [-0.05, 0) is 69.1 Å². The van der Waals surface area contributed by atoms with Gasteiger partial charge in [-0.2, -0.15) is 0 Å². The fourth-order valence-electron chi connectivity index (χ4n) is 10.2. The van der Waals surface area contributed by atoms with Gasteiger partial charge >= 0.3 is 0 Å². The molecule has 0 N–H and O–H groups in total. The SMILES string of the molecule is CC1(C)c2ccccc2N(c2nc(-c3cccc4ccccc34)c3ccccc3n2)c2cc3c(cc21)c1ccccc1n3-c1nc(-c2cccc3ccccc23)c2ccccc2n1. The highest BCUT2D eigenvalue weighted by molar-refractivity contribution is 6.12. The summed E-state index contributed by atoms with van der Waals surface area (Å²) >= 11 is 0. The van der Waals surface area contributed by atoms with Gasteiger partial charge in [-0.15, -0.1) is 0 Å². The lowest BCUT2D eigenvalue weighted by Gasteiger charge is -2.41. The van der Waals surface area contributed by atoms with Crippen molar-refractivity contribution >= 4 is 82.5 Å². The minimum atomic E-state index is -0.351. The molecule has 63 heavy (non-hydrogen) atoms. The molecule has 0 fully saturated rings. The molecule has 1 aliphatic rings. The minimum absolute atomic E-state index is 0.351. The average Bonchev–Trinajstić information content (AvgIpc) is 3.66. The van der Waals surface area contributed by atoms with Crippen molar-refractivity contribution < 1.29 is 0 Å². The summed E-state index contributed by atoms with van der Waals surface area (Å²) < 4.78 is 2.25. The lowest BCUT2D eigenvalue weighted by Crippen LogP contribution is -2.31. The molecule has 0 bridgehead atoms. The molecule has 0 saturated heterocycles. The molecule has 13 rings (SSSR count). The molecule has 0 amide bonds. The van der Waals surface area contributed by atoms with Crippen molar-refractivity contribution in [2.45, 2.75) is 19.3 Å². The zero-order valence-electron chi connectivity index (χ0n) is 34.7. The smallest absolute Gasteiger partial charge is 0.235 e. The quantitative estimate of drug-likeness (QED) is 0.177. The van der Waals surface area contributed by atoms with Crippen molar-refractivity contribution in [3.05, 3.63) is 205 Å². The normalized spacial score (nSPS) is 13.3. The second kappa shape index (κ2) is 13.4. The molecule has 3 aromatic heterocycles. The van der Waals surface area contributed by atoms with E-state index in [1.165, 1.54) is 21.9 Å². The monoisotopic (exact) mass is 806 g/mol. The summed E-state index contributed by atoms with van der Waals surface area (Å²) in [6.45, 7) is 4.66. The van der Waals surface area contributed by atoms with E-state index in [9.17, 15) is 0 Å². The third-order valence-electron chi connectivity index (χ3n) is 13.2. The van der Waals surface area contributed by atoms with Crippen molar-refractivity contribution in [3.63, 3.8) is 0 Å². The van der Waals surface area contributed by atoms with E-state index in [1.54, 1.807) is 0 Å². The number of anilines is 3. The average molecular weight is 807 g/mol. The fraction of sp³-hybridized carbons (Fsp3) is 0.0526. The maximum absolute atomic E-state index is 5.58. The summed E-state index contributed by atoms with van der Waals surface area (Å²) in [5.41, 5.74) is 11.9. The Morgan fingerprint density at radius 3 is 1.54 bits per heavy atom. The van der Waals surface area contributed by atoms with Gasteiger partial charge in [0, 0.05) is 38.1 Å². The molecule has 9 aromatic carbocycles. The van der Waals surface area contributed by atoms with E-state index in [0.29, 0.717) is 11.9 Å². The lowest BCUT2D eigenvalue weighted by atomic mass is 9.73. The third kappa shape index (κ3) is 5.25. The molecule has 1 aliphatic heterocycles. The summed E-state index contributed by atoms with van der Waals surface area (Å²) in [4.78, 5) is 24.2. The van der Waals surface area contributed by atoms with Crippen molar-refractivity contribution in [1.82, 2.24) is 24.5 Å². The number of fused-ring (bicyclic) bond motifs is 9. The Kier molecular flexibility index (Phi) is 7.55. The van der Waals surface area contributed by atoms with Gasteiger partial charge in [0.25, 0.3) is 0 Å². The molecule has 0 aliphatic carbocycles. The Morgan fingerprint density at radius 2 is 0.873 bits per heavy atom. The van der Waals surface area contributed by atoms with Crippen LogP contribution >= 0.6 is 0 Å². The molecular weight excluding hydrogens is 769 g/mol. The molecule has 0 unspecified atom stereocenters. The van der Waals surface area contributed by atoms with Gasteiger partial charge < -0.3 is 0 Å². The number of hydrogen-bond donors (Lipinski definition) is 0. The summed E-state index contributed by atoms with van der Waals surface area (Å²) in [6.07, 6.45) is 0. The molecule has 0 radical (unpaired) electrons. The maximum atomic E-state index is 5.58. The Bertz CT molecular complexity index is 3850.